The zero-order chi connectivity index (χ0) is 20.3. The largest absolute Gasteiger partial charge is 0.481 e. The van der Waals surface area contributed by atoms with E-state index in [0.29, 0.717) is 50.2 Å². The lowest BCUT2D eigenvalue weighted by Crippen LogP contribution is -2.29. The molecule has 0 spiro atoms. The van der Waals surface area contributed by atoms with Gasteiger partial charge in [0.15, 0.2) is 0 Å². The normalized spacial score (nSPS) is 15.6. The zero-order valence-electron chi connectivity index (χ0n) is 14.5. The monoisotopic (exact) mass is 455 g/mol. The number of hydrogen-bond donors (Lipinski definition) is 1. The number of benzene rings is 1. The lowest BCUT2D eigenvalue weighted by Gasteiger charge is -2.13. The van der Waals surface area contributed by atoms with Gasteiger partial charge in [-0.05, 0) is 43.2 Å². The van der Waals surface area contributed by atoms with E-state index in [9.17, 15) is 9.59 Å². The first-order chi connectivity index (χ1) is 13.3. The zero-order valence-corrected chi connectivity index (χ0v) is 17.6. The number of amides is 1. The van der Waals surface area contributed by atoms with Gasteiger partial charge in [0.1, 0.15) is 15.8 Å². The molecule has 0 radical (unpaired) electrons. The van der Waals surface area contributed by atoms with Crippen molar-refractivity contribution in [3.8, 4) is 11.3 Å². The highest BCUT2D eigenvalue weighted by atomic mass is 35.5. The van der Waals surface area contributed by atoms with Crippen molar-refractivity contribution in [1.82, 2.24) is 4.90 Å². The van der Waals surface area contributed by atoms with E-state index in [4.69, 9.17) is 44.9 Å². The first-order valence-corrected chi connectivity index (χ1v) is 10.4. The highest BCUT2D eigenvalue weighted by molar-refractivity contribution is 8.26. The molecule has 1 aliphatic rings. The molecule has 1 fully saturated rings. The maximum atomic E-state index is 12.6. The van der Waals surface area contributed by atoms with E-state index >= 15 is 0 Å². The Kier molecular flexibility index (Phi) is 6.82. The number of carbonyl (C=O) groups excluding carboxylic acids is 1. The molecule has 2 aromatic rings. The topological polar surface area (TPSA) is 70.8 Å². The van der Waals surface area contributed by atoms with E-state index in [1.807, 2.05) is 0 Å². The van der Waals surface area contributed by atoms with Crippen molar-refractivity contribution < 1.29 is 19.1 Å². The average Bonchev–Trinajstić information content (AvgIpc) is 3.20. The molecular weight excluding hydrogens is 441 g/mol. The summed E-state index contributed by atoms with van der Waals surface area (Å²) in [4.78, 5) is 25.1. The summed E-state index contributed by atoms with van der Waals surface area (Å²) in [6.07, 6.45) is 2.80. The third-order valence-corrected chi connectivity index (χ3v) is 6.12. The van der Waals surface area contributed by atoms with Crippen molar-refractivity contribution in [2.24, 2.45) is 0 Å². The molecule has 0 bridgehead atoms. The van der Waals surface area contributed by atoms with Gasteiger partial charge in [-0.1, -0.05) is 47.2 Å². The standard InChI is InChI=1S/C19H15Cl2NO4S2/c20-13-6-4-11(9-14(13)21)15-7-5-12(26-15)10-16-18(25)22(19(27)28-16)8-2-1-3-17(23)24/h4-7,9-10H,1-3,8H2,(H,23,24)/b16-10+. The van der Waals surface area contributed by atoms with Crippen LogP contribution in [0.4, 0.5) is 0 Å². The lowest BCUT2D eigenvalue weighted by molar-refractivity contribution is -0.137. The van der Waals surface area contributed by atoms with E-state index in [1.54, 1.807) is 36.4 Å². The molecular formula is C19H15Cl2NO4S2. The number of halogens is 2. The minimum atomic E-state index is -0.846. The van der Waals surface area contributed by atoms with Crippen LogP contribution < -0.4 is 0 Å². The lowest BCUT2D eigenvalue weighted by atomic mass is 10.2. The number of carboxylic acid groups (broad SMARTS) is 1. The Labute approximate surface area is 181 Å². The Balaban J connectivity index is 1.69. The van der Waals surface area contributed by atoms with Gasteiger partial charge in [-0.25, -0.2) is 0 Å². The number of nitrogens with zero attached hydrogens (tertiary/aromatic N) is 1. The number of thioether (sulfide) groups is 1. The molecule has 1 aromatic carbocycles. The molecule has 1 aromatic heterocycles. The third-order valence-electron chi connectivity index (χ3n) is 4.00. The van der Waals surface area contributed by atoms with Crippen LogP contribution in [0.1, 0.15) is 25.0 Å². The van der Waals surface area contributed by atoms with Crippen LogP contribution in [0.5, 0.6) is 0 Å². The number of aliphatic carboxylic acids is 1. The van der Waals surface area contributed by atoms with Crippen molar-refractivity contribution in [3.05, 3.63) is 51.0 Å². The Hall–Kier alpha value is -1.80. The van der Waals surface area contributed by atoms with Crippen LogP contribution in [-0.2, 0) is 9.59 Å². The molecule has 1 saturated heterocycles. The number of thiocarbonyl (C=S) groups is 1. The van der Waals surface area contributed by atoms with Gasteiger partial charge in [0.2, 0.25) is 0 Å². The summed E-state index contributed by atoms with van der Waals surface area (Å²) < 4.78 is 6.26. The summed E-state index contributed by atoms with van der Waals surface area (Å²) in [7, 11) is 0. The summed E-state index contributed by atoms with van der Waals surface area (Å²) in [5, 5.41) is 9.58. The summed E-state index contributed by atoms with van der Waals surface area (Å²) in [6.45, 7) is 0.405. The maximum absolute atomic E-state index is 12.6. The van der Waals surface area contributed by atoms with Crippen LogP contribution in [-0.4, -0.2) is 32.7 Å². The fraction of sp³-hybridized carbons (Fsp3) is 0.211. The Bertz CT molecular complexity index is 971. The summed E-state index contributed by atoms with van der Waals surface area (Å²) >= 11 is 18.5. The van der Waals surface area contributed by atoms with E-state index in [1.165, 1.54) is 16.7 Å². The predicted octanol–water partition coefficient (Wildman–Crippen LogP) is 5.71. The maximum Gasteiger partial charge on any atom is 0.303 e. The smallest absolute Gasteiger partial charge is 0.303 e. The molecule has 1 N–H and O–H groups in total. The average molecular weight is 456 g/mol. The second kappa shape index (κ2) is 9.13. The SMILES string of the molecule is O=C(O)CCCCN1C(=O)/C(=C\c2ccc(-c3ccc(Cl)c(Cl)c3)o2)SC1=S. The fourth-order valence-corrected chi connectivity index (χ4v) is 4.19. The van der Waals surface area contributed by atoms with E-state index in [-0.39, 0.29) is 12.3 Å². The van der Waals surface area contributed by atoms with Crippen molar-refractivity contribution >= 4 is 69.5 Å². The third kappa shape index (κ3) is 4.97. The Morgan fingerprint density at radius 3 is 2.71 bits per heavy atom. The van der Waals surface area contributed by atoms with Crippen LogP contribution in [0.15, 0.2) is 39.7 Å². The molecule has 1 amide bonds. The molecule has 2 heterocycles. The van der Waals surface area contributed by atoms with Crippen molar-refractivity contribution in [1.29, 1.82) is 0 Å². The number of hydrogen-bond acceptors (Lipinski definition) is 5. The van der Waals surface area contributed by atoms with Crippen molar-refractivity contribution in [2.75, 3.05) is 6.54 Å². The van der Waals surface area contributed by atoms with Gasteiger partial charge < -0.3 is 9.52 Å². The minimum Gasteiger partial charge on any atom is -0.481 e. The number of furan rings is 1. The molecule has 1 aliphatic heterocycles. The van der Waals surface area contributed by atoms with Crippen LogP contribution in [0.3, 0.4) is 0 Å². The first kappa shape index (κ1) is 20.9. The summed E-state index contributed by atoms with van der Waals surface area (Å²) in [6, 6.07) is 8.75. The number of carbonyl (C=O) groups is 2. The van der Waals surface area contributed by atoms with Crippen LogP contribution in [0, 0.1) is 0 Å². The highest BCUT2D eigenvalue weighted by Gasteiger charge is 2.31. The molecule has 0 saturated carbocycles. The van der Waals surface area contributed by atoms with Crippen molar-refractivity contribution in [2.45, 2.75) is 19.3 Å². The first-order valence-electron chi connectivity index (χ1n) is 8.37. The number of rotatable bonds is 7. The molecule has 0 unspecified atom stereocenters. The minimum absolute atomic E-state index is 0.0779. The second-order valence-electron chi connectivity index (χ2n) is 6.02. The highest BCUT2D eigenvalue weighted by Crippen LogP contribution is 2.34. The van der Waals surface area contributed by atoms with Gasteiger partial charge in [-0.3, -0.25) is 14.5 Å². The quantitative estimate of drug-likeness (QED) is 0.327. The summed E-state index contributed by atoms with van der Waals surface area (Å²) in [5.41, 5.74) is 0.778. The Morgan fingerprint density at radius 1 is 1.21 bits per heavy atom. The fourth-order valence-electron chi connectivity index (χ4n) is 2.60. The van der Waals surface area contributed by atoms with E-state index in [0.717, 1.165) is 5.56 Å². The van der Waals surface area contributed by atoms with Gasteiger partial charge in [-0.15, -0.1) is 0 Å². The predicted molar refractivity (Wildman–Crippen MR) is 116 cm³/mol. The molecule has 0 atom stereocenters. The Morgan fingerprint density at radius 2 is 2.00 bits per heavy atom. The van der Waals surface area contributed by atoms with E-state index < -0.39 is 5.97 Å². The molecule has 5 nitrogen and oxygen atoms in total. The number of carboxylic acids is 1. The van der Waals surface area contributed by atoms with Gasteiger partial charge in [-0.2, -0.15) is 0 Å². The van der Waals surface area contributed by atoms with Gasteiger partial charge >= 0.3 is 5.97 Å². The second-order valence-corrected chi connectivity index (χ2v) is 8.51. The van der Waals surface area contributed by atoms with Gasteiger partial charge in [0, 0.05) is 24.6 Å². The van der Waals surface area contributed by atoms with Crippen LogP contribution >= 0.6 is 47.2 Å². The van der Waals surface area contributed by atoms with Gasteiger partial charge in [0.05, 0.1) is 15.0 Å². The van der Waals surface area contributed by atoms with Gasteiger partial charge in [0.25, 0.3) is 5.91 Å². The molecule has 28 heavy (non-hydrogen) atoms. The molecule has 0 aliphatic carbocycles. The summed E-state index contributed by atoms with van der Waals surface area (Å²) in [5.74, 6) is 0.0834. The van der Waals surface area contributed by atoms with Crippen molar-refractivity contribution in [3.63, 3.8) is 0 Å². The number of unbranched alkanes of at least 4 members (excludes halogenated alkanes) is 1. The van der Waals surface area contributed by atoms with Crippen LogP contribution in [0.25, 0.3) is 17.4 Å². The van der Waals surface area contributed by atoms with E-state index in [2.05, 4.69) is 0 Å². The molecule has 3 rings (SSSR count). The molecule has 9 heteroatoms. The molecule has 146 valence electrons. The van der Waals surface area contributed by atoms with Crippen LogP contribution in [0.2, 0.25) is 10.0 Å².